The number of methoxy groups -OCH3 is 2. The lowest BCUT2D eigenvalue weighted by atomic mass is 10.0. The summed E-state index contributed by atoms with van der Waals surface area (Å²) in [4.78, 5) is 12.4. The van der Waals surface area contributed by atoms with Gasteiger partial charge in [-0.15, -0.1) is 0 Å². The van der Waals surface area contributed by atoms with Gasteiger partial charge in [-0.2, -0.15) is 0 Å². The molecule has 4 nitrogen and oxygen atoms in total. The predicted octanol–water partition coefficient (Wildman–Crippen LogP) is 2.52. The minimum absolute atomic E-state index is 0.0106. The van der Waals surface area contributed by atoms with Crippen molar-refractivity contribution in [1.82, 2.24) is 5.32 Å². The molecule has 0 aliphatic heterocycles. The van der Waals surface area contributed by atoms with Gasteiger partial charge in [-0.1, -0.05) is 13.8 Å². The summed E-state index contributed by atoms with van der Waals surface area (Å²) < 4.78 is 10.4. The van der Waals surface area contributed by atoms with Crippen molar-refractivity contribution in [2.45, 2.75) is 26.8 Å². The molecular weight excluding hydrogens is 242 g/mol. The number of benzene rings is 1. The van der Waals surface area contributed by atoms with Crippen LogP contribution in [0.4, 0.5) is 0 Å². The van der Waals surface area contributed by atoms with E-state index in [2.05, 4.69) is 19.2 Å². The highest BCUT2D eigenvalue weighted by Crippen LogP contribution is 2.25. The molecule has 1 aromatic carbocycles. The van der Waals surface area contributed by atoms with E-state index in [0.29, 0.717) is 23.0 Å². The zero-order chi connectivity index (χ0) is 14.4. The summed E-state index contributed by atoms with van der Waals surface area (Å²) in [5.74, 6) is 1.74. The molecule has 0 heterocycles. The second-order valence-electron chi connectivity index (χ2n) is 4.95. The Bertz CT molecular complexity index is 429. The number of carbonyl (C=O) groups is 1. The number of ketones is 1. The van der Waals surface area contributed by atoms with Gasteiger partial charge in [0.1, 0.15) is 11.5 Å². The zero-order valence-electron chi connectivity index (χ0n) is 12.3. The fourth-order valence-corrected chi connectivity index (χ4v) is 1.75. The topological polar surface area (TPSA) is 47.6 Å². The fourth-order valence-electron chi connectivity index (χ4n) is 1.75. The second kappa shape index (κ2) is 7.14. The predicted molar refractivity (Wildman–Crippen MR) is 76.2 cm³/mol. The first-order valence-corrected chi connectivity index (χ1v) is 6.49. The van der Waals surface area contributed by atoms with E-state index in [4.69, 9.17) is 9.47 Å². The molecule has 4 heteroatoms. The average Bonchev–Trinajstić information content (AvgIpc) is 2.42. The highest BCUT2D eigenvalue weighted by Gasteiger charge is 2.19. The molecule has 0 aromatic heterocycles. The Labute approximate surface area is 115 Å². The van der Waals surface area contributed by atoms with Crippen molar-refractivity contribution >= 4 is 5.78 Å². The molecule has 0 amide bonds. The van der Waals surface area contributed by atoms with E-state index in [9.17, 15) is 4.79 Å². The monoisotopic (exact) mass is 265 g/mol. The van der Waals surface area contributed by atoms with Gasteiger partial charge in [0.15, 0.2) is 5.78 Å². The molecule has 0 bridgehead atoms. The molecule has 1 aromatic rings. The summed E-state index contributed by atoms with van der Waals surface area (Å²) >= 11 is 0. The normalized spacial score (nSPS) is 12.3. The molecule has 19 heavy (non-hydrogen) atoms. The van der Waals surface area contributed by atoms with Gasteiger partial charge in [0, 0.05) is 0 Å². The molecule has 1 N–H and O–H groups in total. The Balaban J connectivity index is 2.90. The quantitative estimate of drug-likeness (QED) is 0.770. The average molecular weight is 265 g/mol. The fraction of sp³-hybridized carbons (Fsp3) is 0.533. The molecule has 1 unspecified atom stereocenters. The van der Waals surface area contributed by atoms with Crippen LogP contribution in [0.3, 0.4) is 0 Å². The number of carbonyl (C=O) groups excluding carboxylic acids is 1. The minimum Gasteiger partial charge on any atom is -0.497 e. The number of hydrogen-bond acceptors (Lipinski definition) is 4. The highest BCUT2D eigenvalue weighted by atomic mass is 16.5. The SMILES string of the molecule is COc1ccc(OC)c(C(=O)C(C)NCC(C)C)c1. The van der Waals surface area contributed by atoms with Gasteiger partial charge in [0.25, 0.3) is 0 Å². The van der Waals surface area contributed by atoms with E-state index >= 15 is 0 Å². The number of hydrogen-bond donors (Lipinski definition) is 1. The first kappa shape index (κ1) is 15.5. The third-order valence-electron chi connectivity index (χ3n) is 2.90. The highest BCUT2D eigenvalue weighted by molar-refractivity contribution is 6.02. The molecule has 1 atom stereocenters. The summed E-state index contributed by atoms with van der Waals surface area (Å²) in [5.41, 5.74) is 0.547. The zero-order valence-corrected chi connectivity index (χ0v) is 12.3. The van der Waals surface area contributed by atoms with Crippen LogP contribution in [0.15, 0.2) is 18.2 Å². The first-order valence-electron chi connectivity index (χ1n) is 6.49. The van der Waals surface area contributed by atoms with Crippen LogP contribution in [-0.2, 0) is 0 Å². The first-order chi connectivity index (χ1) is 8.99. The number of ether oxygens (including phenoxy) is 2. The Morgan fingerprint density at radius 1 is 1.21 bits per heavy atom. The third kappa shape index (κ3) is 4.24. The lowest BCUT2D eigenvalue weighted by molar-refractivity contribution is 0.0946. The summed E-state index contributed by atoms with van der Waals surface area (Å²) in [6.45, 7) is 6.88. The summed E-state index contributed by atoms with van der Waals surface area (Å²) in [7, 11) is 3.14. The van der Waals surface area contributed by atoms with Crippen molar-refractivity contribution in [3.05, 3.63) is 23.8 Å². The van der Waals surface area contributed by atoms with Crippen molar-refractivity contribution in [2.75, 3.05) is 20.8 Å². The van der Waals surface area contributed by atoms with E-state index in [0.717, 1.165) is 6.54 Å². The molecule has 0 spiro atoms. The molecule has 0 aliphatic carbocycles. The van der Waals surface area contributed by atoms with Crippen molar-refractivity contribution in [2.24, 2.45) is 5.92 Å². The summed E-state index contributed by atoms with van der Waals surface area (Å²) in [6, 6.07) is 5.00. The minimum atomic E-state index is -0.247. The van der Waals surface area contributed by atoms with Gasteiger partial charge in [-0.3, -0.25) is 4.79 Å². The smallest absolute Gasteiger partial charge is 0.183 e. The van der Waals surface area contributed by atoms with Crippen LogP contribution >= 0.6 is 0 Å². The Hall–Kier alpha value is -1.55. The van der Waals surface area contributed by atoms with E-state index in [1.54, 1.807) is 32.4 Å². The van der Waals surface area contributed by atoms with Crippen molar-refractivity contribution < 1.29 is 14.3 Å². The van der Waals surface area contributed by atoms with Gasteiger partial charge >= 0.3 is 0 Å². The van der Waals surface area contributed by atoms with E-state index in [1.165, 1.54) is 0 Å². The van der Waals surface area contributed by atoms with Crippen LogP contribution in [0.5, 0.6) is 11.5 Å². The molecule has 0 saturated carbocycles. The molecular formula is C15H23NO3. The van der Waals surface area contributed by atoms with Gasteiger partial charge in [-0.05, 0) is 37.6 Å². The van der Waals surface area contributed by atoms with Gasteiger partial charge in [0.05, 0.1) is 25.8 Å². The van der Waals surface area contributed by atoms with Gasteiger partial charge < -0.3 is 14.8 Å². The van der Waals surface area contributed by atoms with Crippen molar-refractivity contribution in [3.63, 3.8) is 0 Å². The standard InChI is InChI=1S/C15H23NO3/c1-10(2)9-16-11(3)15(17)13-8-12(18-4)6-7-14(13)19-5/h6-8,10-11,16H,9H2,1-5H3. The molecule has 106 valence electrons. The van der Waals surface area contributed by atoms with Crippen LogP contribution in [-0.4, -0.2) is 32.6 Å². The van der Waals surface area contributed by atoms with Crippen molar-refractivity contribution in [1.29, 1.82) is 0 Å². The van der Waals surface area contributed by atoms with Crippen LogP contribution in [0.2, 0.25) is 0 Å². The maximum Gasteiger partial charge on any atom is 0.183 e. The maximum atomic E-state index is 12.4. The Kier molecular flexibility index (Phi) is 5.83. The van der Waals surface area contributed by atoms with E-state index in [-0.39, 0.29) is 11.8 Å². The molecule has 0 radical (unpaired) electrons. The van der Waals surface area contributed by atoms with Gasteiger partial charge in [0.2, 0.25) is 0 Å². The summed E-state index contributed by atoms with van der Waals surface area (Å²) in [5, 5.41) is 3.22. The number of nitrogens with one attached hydrogen (secondary N) is 1. The van der Waals surface area contributed by atoms with E-state index in [1.807, 2.05) is 6.92 Å². The van der Waals surface area contributed by atoms with Crippen LogP contribution < -0.4 is 14.8 Å². The molecule has 0 saturated heterocycles. The van der Waals surface area contributed by atoms with Crippen molar-refractivity contribution in [3.8, 4) is 11.5 Å². The number of rotatable bonds is 7. The molecule has 1 rings (SSSR count). The summed E-state index contributed by atoms with van der Waals surface area (Å²) in [6.07, 6.45) is 0. The largest absolute Gasteiger partial charge is 0.497 e. The van der Waals surface area contributed by atoms with Crippen LogP contribution in [0.25, 0.3) is 0 Å². The lowest BCUT2D eigenvalue weighted by Crippen LogP contribution is -2.36. The lowest BCUT2D eigenvalue weighted by Gasteiger charge is -2.16. The number of Topliss-reactive ketones (excluding diaryl/α,β-unsaturated/α-hetero) is 1. The second-order valence-corrected chi connectivity index (χ2v) is 4.95. The van der Waals surface area contributed by atoms with Crippen LogP contribution in [0, 0.1) is 5.92 Å². The third-order valence-corrected chi connectivity index (χ3v) is 2.90. The Morgan fingerprint density at radius 2 is 1.89 bits per heavy atom. The van der Waals surface area contributed by atoms with E-state index < -0.39 is 0 Å². The maximum absolute atomic E-state index is 12.4. The molecule has 0 fully saturated rings. The van der Waals surface area contributed by atoms with Gasteiger partial charge in [-0.25, -0.2) is 0 Å². The Morgan fingerprint density at radius 3 is 2.42 bits per heavy atom. The molecule has 0 aliphatic rings. The van der Waals surface area contributed by atoms with Crippen LogP contribution in [0.1, 0.15) is 31.1 Å².